The van der Waals surface area contributed by atoms with E-state index < -0.39 is 49.2 Å². The van der Waals surface area contributed by atoms with Gasteiger partial charge in [0.1, 0.15) is 30.5 Å². The maximum atomic E-state index is 10.6. The fraction of sp³-hybridized carbons (Fsp3) is 0.889. The first kappa shape index (κ1) is 17.2. The van der Waals surface area contributed by atoms with Crippen molar-refractivity contribution in [3.8, 4) is 0 Å². The van der Waals surface area contributed by atoms with Crippen molar-refractivity contribution in [2.45, 2.75) is 36.6 Å². The number of hydrogen-bond acceptors (Lipinski definition) is 8. The Balaban J connectivity index is 4.71. The molecule has 0 aromatic carbocycles. The van der Waals surface area contributed by atoms with Crippen molar-refractivity contribution in [3.63, 3.8) is 0 Å². The first-order valence-corrected chi connectivity index (χ1v) is 5.04. The van der Waals surface area contributed by atoms with Crippen LogP contribution in [0.4, 0.5) is 0 Å². The normalized spacial score (nSPS) is 21.7. The molecule has 0 amide bonds. The highest BCUT2D eigenvalue weighted by atomic mass is 16.5. The lowest BCUT2D eigenvalue weighted by Gasteiger charge is -2.30. The number of carboxylic acids is 1. The molecule has 0 aliphatic rings. The Bertz CT molecular complexity index is 258. The van der Waals surface area contributed by atoms with E-state index in [9.17, 15) is 25.2 Å². The predicted octanol–water partition coefficient (Wildman–Crippen LogP) is -4.12. The number of rotatable bonds is 8. The van der Waals surface area contributed by atoms with E-state index in [1.54, 1.807) is 0 Å². The summed E-state index contributed by atoms with van der Waals surface area (Å²) in [5.74, 6) is -1.58. The summed E-state index contributed by atoms with van der Waals surface area (Å²) in [6.07, 6.45) is -11.7. The third-order valence-electron chi connectivity index (χ3n) is 2.44. The maximum Gasteiger partial charge on any atom is 0.335 e. The van der Waals surface area contributed by atoms with Crippen LogP contribution in [0.15, 0.2) is 0 Å². The molecule has 0 fully saturated rings. The number of aliphatic hydroxyl groups is 6. The molecule has 0 aromatic rings. The zero-order valence-electron chi connectivity index (χ0n) is 9.62. The van der Waals surface area contributed by atoms with Gasteiger partial charge in [-0.15, -0.1) is 0 Å². The molecule has 0 aliphatic carbocycles. The lowest BCUT2D eigenvalue weighted by molar-refractivity contribution is -0.178. The predicted molar refractivity (Wildman–Crippen MR) is 55.6 cm³/mol. The molecule has 0 heterocycles. The van der Waals surface area contributed by atoms with Gasteiger partial charge in [-0.1, -0.05) is 0 Å². The molecule has 7 N–H and O–H groups in total. The van der Waals surface area contributed by atoms with Crippen molar-refractivity contribution < 1.29 is 45.3 Å². The van der Waals surface area contributed by atoms with Crippen molar-refractivity contribution in [1.82, 2.24) is 0 Å². The minimum atomic E-state index is -2.08. The van der Waals surface area contributed by atoms with Crippen LogP contribution < -0.4 is 0 Å². The molecule has 0 saturated carbocycles. The van der Waals surface area contributed by atoms with Gasteiger partial charge in [0.2, 0.25) is 0 Å². The van der Waals surface area contributed by atoms with Crippen LogP contribution in [0.2, 0.25) is 0 Å². The summed E-state index contributed by atoms with van der Waals surface area (Å²) in [5.41, 5.74) is 0. The second kappa shape index (κ2) is 7.59. The van der Waals surface area contributed by atoms with Crippen molar-refractivity contribution in [1.29, 1.82) is 0 Å². The zero-order valence-corrected chi connectivity index (χ0v) is 9.62. The minimum absolute atomic E-state index is 0.881. The van der Waals surface area contributed by atoms with Gasteiger partial charge in [0, 0.05) is 7.11 Å². The van der Waals surface area contributed by atoms with Crippen LogP contribution in [0.5, 0.6) is 0 Å². The minimum Gasteiger partial charge on any atom is -0.479 e. The first-order chi connectivity index (χ1) is 8.27. The van der Waals surface area contributed by atoms with E-state index in [-0.39, 0.29) is 0 Å². The van der Waals surface area contributed by atoms with Gasteiger partial charge in [0.05, 0.1) is 6.61 Å². The maximum absolute atomic E-state index is 10.6. The fourth-order valence-electron chi connectivity index (χ4n) is 1.31. The third kappa shape index (κ3) is 4.14. The Kier molecular flexibility index (Phi) is 7.25. The summed E-state index contributed by atoms with van der Waals surface area (Å²) in [5, 5.41) is 63.8. The van der Waals surface area contributed by atoms with Crippen LogP contribution in [-0.2, 0) is 9.53 Å². The van der Waals surface area contributed by atoms with E-state index in [4.69, 9.17) is 15.3 Å². The van der Waals surface area contributed by atoms with Gasteiger partial charge < -0.3 is 40.5 Å². The lowest BCUT2D eigenvalue weighted by atomic mass is 9.96. The number of aliphatic carboxylic acids is 1. The average Bonchev–Trinajstić information content (AvgIpc) is 2.35. The molecule has 6 unspecified atom stereocenters. The lowest BCUT2D eigenvalue weighted by Crippen LogP contribution is -2.54. The van der Waals surface area contributed by atoms with Gasteiger partial charge in [0.25, 0.3) is 0 Å². The molecule has 0 rings (SSSR count). The molecule has 0 saturated heterocycles. The number of carboxylic acid groups (broad SMARTS) is 1. The smallest absolute Gasteiger partial charge is 0.335 e. The van der Waals surface area contributed by atoms with E-state index >= 15 is 0 Å². The van der Waals surface area contributed by atoms with Crippen molar-refractivity contribution in [3.05, 3.63) is 0 Å². The van der Waals surface area contributed by atoms with E-state index in [2.05, 4.69) is 4.74 Å². The number of carbonyl (C=O) groups is 1. The summed E-state index contributed by atoms with van der Waals surface area (Å²) in [4.78, 5) is 10.6. The molecule has 0 aromatic heterocycles. The molecule has 0 radical (unpaired) electrons. The molecule has 9 heteroatoms. The number of methoxy groups -OCH3 is 1. The molecule has 108 valence electrons. The molecule has 9 nitrogen and oxygen atoms in total. The molecular formula is C9H18O9. The summed E-state index contributed by atoms with van der Waals surface area (Å²) >= 11 is 0. The first-order valence-electron chi connectivity index (χ1n) is 5.04. The van der Waals surface area contributed by atoms with Crippen LogP contribution in [0, 0.1) is 0 Å². The Hall–Kier alpha value is -0.810. The van der Waals surface area contributed by atoms with Crippen molar-refractivity contribution in [2.24, 2.45) is 0 Å². The number of hydrogen-bond donors (Lipinski definition) is 7. The van der Waals surface area contributed by atoms with E-state index in [0.717, 1.165) is 7.11 Å². The largest absolute Gasteiger partial charge is 0.479 e. The van der Waals surface area contributed by atoms with Gasteiger partial charge in [0.15, 0.2) is 6.10 Å². The van der Waals surface area contributed by atoms with E-state index in [0.29, 0.717) is 0 Å². The average molecular weight is 270 g/mol. The van der Waals surface area contributed by atoms with Crippen LogP contribution in [-0.4, -0.2) is 92.1 Å². The van der Waals surface area contributed by atoms with Gasteiger partial charge in [-0.3, -0.25) is 0 Å². The Morgan fingerprint density at radius 2 is 1.44 bits per heavy atom. The number of aliphatic hydroxyl groups excluding tert-OH is 6. The Morgan fingerprint density at radius 1 is 1.00 bits per heavy atom. The monoisotopic (exact) mass is 270 g/mol. The molecule has 0 aliphatic heterocycles. The molecule has 0 spiro atoms. The molecule has 0 bridgehead atoms. The standard InChI is InChI=1S/C9H18O9/c1-18-8(9(16)17)7(15)6(14)5(13)4(12)3(11)2-10/h3-8,10-15H,2H2,1H3,(H,16,17). The van der Waals surface area contributed by atoms with Gasteiger partial charge in [-0.2, -0.15) is 0 Å². The fourth-order valence-corrected chi connectivity index (χ4v) is 1.31. The summed E-state index contributed by atoms with van der Waals surface area (Å²) in [6.45, 7) is -0.881. The quantitative estimate of drug-likeness (QED) is 0.232. The Labute approximate surface area is 102 Å². The summed E-state index contributed by atoms with van der Waals surface area (Å²) in [7, 11) is 0.972. The molecular weight excluding hydrogens is 252 g/mol. The summed E-state index contributed by atoms with van der Waals surface area (Å²) in [6, 6.07) is 0. The molecule has 18 heavy (non-hydrogen) atoms. The SMILES string of the molecule is COC(C(=O)O)C(O)C(O)C(O)C(O)C(O)CO. The van der Waals surface area contributed by atoms with Gasteiger partial charge in [-0.05, 0) is 0 Å². The third-order valence-corrected chi connectivity index (χ3v) is 2.44. The van der Waals surface area contributed by atoms with Crippen LogP contribution in [0.3, 0.4) is 0 Å². The van der Waals surface area contributed by atoms with Crippen LogP contribution in [0.25, 0.3) is 0 Å². The topological polar surface area (TPSA) is 168 Å². The second-order valence-corrected chi connectivity index (χ2v) is 3.71. The highest BCUT2D eigenvalue weighted by molar-refractivity contribution is 5.73. The summed E-state index contributed by atoms with van der Waals surface area (Å²) < 4.78 is 4.40. The van der Waals surface area contributed by atoms with Gasteiger partial charge in [-0.25, -0.2) is 4.79 Å². The number of ether oxygens (including phenoxy) is 1. The van der Waals surface area contributed by atoms with Crippen LogP contribution in [0.1, 0.15) is 0 Å². The van der Waals surface area contributed by atoms with Crippen molar-refractivity contribution >= 4 is 5.97 Å². The highest BCUT2D eigenvalue weighted by Gasteiger charge is 2.40. The van der Waals surface area contributed by atoms with E-state index in [1.165, 1.54) is 0 Å². The zero-order chi connectivity index (χ0) is 14.5. The van der Waals surface area contributed by atoms with Crippen molar-refractivity contribution in [2.75, 3.05) is 13.7 Å². The Morgan fingerprint density at radius 3 is 1.78 bits per heavy atom. The van der Waals surface area contributed by atoms with E-state index in [1.807, 2.05) is 0 Å². The molecule has 6 atom stereocenters. The van der Waals surface area contributed by atoms with Crippen LogP contribution >= 0.6 is 0 Å². The second-order valence-electron chi connectivity index (χ2n) is 3.71. The highest BCUT2D eigenvalue weighted by Crippen LogP contribution is 2.12. The van der Waals surface area contributed by atoms with Gasteiger partial charge >= 0.3 is 5.97 Å².